The highest BCUT2D eigenvalue weighted by molar-refractivity contribution is 5.01. The van der Waals surface area contributed by atoms with Gasteiger partial charge in [-0.2, -0.15) is 18.2 Å². The molecule has 0 atom stereocenters. The molecule has 0 radical (unpaired) electrons. The van der Waals surface area contributed by atoms with E-state index < -0.39 is 18.0 Å². The van der Waals surface area contributed by atoms with Crippen LogP contribution in [0.5, 0.6) is 0 Å². The Morgan fingerprint density at radius 3 is 2.44 bits per heavy atom. The SMILES string of the molecule is CC(C)(CN)c1nc(CCC(F)(F)F)no1. The molecule has 0 spiro atoms. The molecule has 4 nitrogen and oxygen atoms in total. The fourth-order valence-corrected chi connectivity index (χ4v) is 0.971. The number of halogens is 3. The second-order valence-electron chi connectivity index (χ2n) is 4.22. The van der Waals surface area contributed by atoms with E-state index in [0.29, 0.717) is 0 Å². The van der Waals surface area contributed by atoms with E-state index in [9.17, 15) is 13.2 Å². The fraction of sp³-hybridized carbons (Fsp3) is 0.778. The number of nitrogens with zero attached hydrogens (tertiary/aromatic N) is 2. The van der Waals surface area contributed by atoms with E-state index in [4.69, 9.17) is 10.3 Å². The van der Waals surface area contributed by atoms with E-state index in [0.717, 1.165) is 0 Å². The number of nitrogens with two attached hydrogens (primary N) is 1. The number of aryl methyl sites for hydroxylation is 1. The summed E-state index contributed by atoms with van der Waals surface area (Å²) in [6, 6.07) is 0. The van der Waals surface area contributed by atoms with Crippen molar-refractivity contribution in [2.24, 2.45) is 5.73 Å². The first kappa shape index (κ1) is 13.0. The standard InChI is InChI=1S/C9H14F3N3O/c1-8(2,5-13)7-14-6(15-16-7)3-4-9(10,11)12/h3-5,13H2,1-2H3. The third kappa shape index (κ3) is 3.48. The fourth-order valence-electron chi connectivity index (χ4n) is 0.971. The lowest BCUT2D eigenvalue weighted by Gasteiger charge is -2.15. The average Bonchev–Trinajstić information content (AvgIpc) is 2.62. The van der Waals surface area contributed by atoms with Crippen LogP contribution in [0.4, 0.5) is 13.2 Å². The van der Waals surface area contributed by atoms with Crippen molar-refractivity contribution in [1.82, 2.24) is 10.1 Å². The average molecular weight is 237 g/mol. The van der Waals surface area contributed by atoms with Crippen molar-refractivity contribution < 1.29 is 17.7 Å². The van der Waals surface area contributed by atoms with E-state index in [1.165, 1.54) is 0 Å². The summed E-state index contributed by atoms with van der Waals surface area (Å²) in [4.78, 5) is 3.90. The van der Waals surface area contributed by atoms with E-state index in [-0.39, 0.29) is 24.7 Å². The minimum atomic E-state index is -4.20. The Hall–Kier alpha value is -1.11. The highest BCUT2D eigenvalue weighted by atomic mass is 19.4. The summed E-state index contributed by atoms with van der Waals surface area (Å²) in [6.07, 6.45) is -5.42. The van der Waals surface area contributed by atoms with Crippen molar-refractivity contribution in [2.45, 2.75) is 38.3 Å². The zero-order valence-corrected chi connectivity index (χ0v) is 9.14. The molecule has 0 aromatic carbocycles. The second kappa shape index (κ2) is 4.40. The van der Waals surface area contributed by atoms with E-state index in [1.54, 1.807) is 13.8 Å². The Kier molecular flexibility index (Phi) is 3.57. The lowest BCUT2D eigenvalue weighted by molar-refractivity contribution is -0.134. The number of aromatic nitrogens is 2. The maximum atomic E-state index is 11.9. The molecular weight excluding hydrogens is 223 g/mol. The number of alkyl halides is 3. The highest BCUT2D eigenvalue weighted by Gasteiger charge is 2.29. The molecule has 0 amide bonds. The maximum Gasteiger partial charge on any atom is 0.389 e. The molecule has 16 heavy (non-hydrogen) atoms. The zero-order valence-electron chi connectivity index (χ0n) is 9.14. The Morgan fingerprint density at radius 2 is 1.94 bits per heavy atom. The summed E-state index contributed by atoms with van der Waals surface area (Å²) in [5, 5.41) is 3.49. The third-order valence-corrected chi connectivity index (χ3v) is 2.19. The topological polar surface area (TPSA) is 64.9 Å². The molecule has 1 aromatic rings. The minimum absolute atomic E-state index is 0.0638. The molecule has 1 aromatic heterocycles. The zero-order chi connectivity index (χ0) is 12.4. The van der Waals surface area contributed by atoms with Gasteiger partial charge in [0.2, 0.25) is 5.89 Å². The number of hydrogen-bond acceptors (Lipinski definition) is 4. The Balaban J connectivity index is 2.66. The van der Waals surface area contributed by atoms with Crippen molar-refractivity contribution in [2.75, 3.05) is 6.54 Å². The van der Waals surface area contributed by atoms with Gasteiger partial charge < -0.3 is 10.3 Å². The first-order chi connectivity index (χ1) is 7.24. The first-order valence-electron chi connectivity index (χ1n) is 4.84. The van der Waals surface area contributed by atoms with Gasteiger partial charge in [0, 0.05) is 13.0 Å². The molecule has 0 fully saturated rings. The van der Waals surface area contributed by atoms with Gasteiger partial charge in [-0.25, -0.2) is 0 Å². The molecule has 92 valence electrons. The van der Waals surface area contributed by atoms with E-state index in [1.807, 2.05) is 0 Å². The molecular formula is C9H14F3N3O. The Morgan fingerprint density at radius 1 is 1.31 bits per heavy atom. The minimum Gasteiger partial charge on any atom is -0.339 e. The monoisotopic (exact) mass is 237 g/mol. The van der Waals surface area contributed by atoms with Gasteiger partial charge >= 0.3 is 6.18 Å². The summed E-state index contributed by atoms with van der Waals surface area (Å²) < 4.78 is 40.7. The van der Waals surface area contributed by atoms with Crippen LogP contribution in [0.3, 0.4) is 0 Å². The molecule has 0 aliphatic carbocycles. The van der Waals surface area contributed by atoms with Gasteiger partial charge in [0.1, 0.15) is 0 Å². The van der Waals surface area contributed by atoms with Crippen LogP contribution in [0.1, 0.15) is 32.0 Å². The van der Waals surface area contributed by atoms with E-state index >= 15 is 0 Å². The van der Waals surface area contributed by atoms with Gasteiger partial charge in [0.25, 0.3) is 0 Å². The lowest BCUT2D eigenvalue weighted by atomic mass is 9.94. The van der Waals surface area contributed by atoms with Gasteiger partial charge in [-0.1, -0.05) is 5.16 Å². The van der Waals surface area contributed by atoms with Crippen LogP contribution < -0.4 is 5.73 Å². The second-order valence-corrected chi connectivity index (χ2v) is 4.22. The van der Waals surface area contributed by atoms with E-state index in [2.05, 4.69) is 10.1 Å². The third-order valence-electron chi connectivity index (χ3n) is 2.19. The molecule has 0 aliphatic rings. The van der Waals surface area contributed by atoms with Crippen LogP contribution in [-0.4, -0.2) is 22.9 Å². The van der Waals surface area contributed by atoms with Crippen LogP contribution in [0, 0.1) is 0 Å². The molecule has 7 heteroatoms. The summed E-state index contributed by atoms with van der Waals surface area (Å²) in [5.74, 6) is 0.334. The van der Waals surface area contributed by atoms with Crippen LogP contribution >= 0.6 is 0 Å². The number of hydrogen-bond donors (Lipinski definition) is 1. The van der Waals surface area contributed by atoms with Crippen LogP contribution in [0.25, 0.3) is 0 Å². The molecule has 0 bridgehead atoms. The van der Waals surface area contributed by atoms with Gasteiger partial charge in [-0.15, -0.1) is 0 Å². The Bertz CT molecular complexity index is 346. The predicted octanol–water partition coefficient (Wildman–Crippen LogP) is 1.80. The van der Waals surface area contributed by atoms with Gasteiger partial charge in [0.05, 0.1) is 11.8 Å². The maximum absolute atomic E-state index is 11.9. The first-order valence-corrected chi connectivity index (χ1v) is 4.84. The molecule has 0 saturated carbocycles. The van der Waals surface area contributed by atoms with Gasteiger partial charge in [-0.3, -0.25) is 0 Å². The summed E-state index contributed by atoms with van der Waals surface area (Å²) in [7, 11) is 0. The Labute approximate surface area is 91.0 Å². The molecule has 0 unspecified atom stereocenters. The molecule has 1 heterocycles. The highest BCUT2D eigenvalue weighted by Crippen LogP contribution is 2.23. The van der Waals surface area contributed by atoms with Gasteiger partial charge in [0.15, 0.2) is 5.82 Å². The lowest BCUT2D eigenvalue weighted by Crippen LogP contribution is -2.28. The molecule has 0 saturated heterocycles. The predicted molar refractivity (Wildman–Crippen MR) is 50.8 cm³/mol. The smallest absolute Gasteiger partial charge is 0.339 e. The molecule has 0 aliphatic heterocycles. The van der Waals surface area contributed by atoms with Crippen molar-refractivity contribution in [3.8, 4) is 0 Å². The number of rotatable bonds is 4. The van der Waals surface area contributed by atoms with Crippen LogP contribution in [-0.2, 0) is 11.8 Å². The molecule has 2 N–H and O–H groups in total. The normalized spacial score (nSPS) is 13.1. The summed E-state index contributed by atoms with van der Waals surface area (Å²) >= 11 is 0. The summed E-state index contributed by atoms with van der Waals surface area (Å²) in [5.41, 5.74) is 4.97. The van der Waals surface area contributed by atoms with Crippen molar-refractivity contribution in [3.05, 3.63) is 11.7 Å². The van der Waals surface area contributed by atoms with Gasteiger partial charge in [-0.05, 0) is 13.8 Å². The molecule has 1 rings (SSSR count). The quantitative estimate of drug-likeness (QED) is 0.867. The van der Waals surface area contributed by atoms with Crippen molar-refractivity contribution in [3.63, 3.8) is 0 Å². The van der Waals surface area contributed by atoms with Crippen LogP contribution in [0.15, 0.2) is 4.52 Å². The summed E-state index contributed by atoms with van der Waals surface area (Å²) in [6.45, 7) is 3.86. The van der Waals surface area contributed by atoms with Crippen LogP contribution in [0.2, 0.25) is 0 Å². The van der Waals surface area contributed by atoms with Crippen molar-refractivity contribution >= 4 is 0 Å². The van der Waals surface area contributed by atoms with Crippen molar-refractivity contribution in [1.29, 1.82) is 0 Å². The largest absolute Gasteiger partial charge is 0.389 e.